The molecule has 1 N–H and O–H groups in total. The molecule has 2 aromatic heterocycles. The van der Waals surface area contributed by atoms with Crippen LogP contribution >= 0.6 is 22.7 Å². The summed E-state index contributed by atoms with van der Waals surface area (Å²) in [4.78, 5) is 2.66. The first-order valence-electron chi connectivity index (χ1n) is 5.50. The van der Waals surface area contributed by atoms with Crippen LogP contribution in [0.15, 0.2) is 38.8 Å². The van der Waals surface area contributed by atoms with Crippen molar-refractivity contribution in [3.8, 4) is 0 Å². The summed E-state index contributed by atoms with van der Waals surface area (Å²) < 4.78 is 0. The highest BCUT2D eigenvalue weighted by Crippen LogP contribution is 2.06. The molecule has 0 radical (unpaired) electrons. The predicted molar refractivity (Wildman–Crippen MR) is 77.1 cm³/mol. The predicted octanol–water partition coefficient (Wildman–Crippen LogP) is 3.88. The van der Waals surface area contributed by atoms with E-state index >= 15 is 0 Å². The minimum absolute atomic E-state index is 0.261. The van der Waals surface area contributed by atoms with Gasteiger partial charge in [0.15, 0.2) is 0 Å². The van der Waals surface area contributed by atoms with Gasteiger partial charge >= 0.3 is 0 Å². The Morgan fingerprint density at radius 2 is 1.72 bits per heavy atom. The van der Waals surface area contributed by atoms with Crippen molar-refractivity contribution < 1.29 is 5.11 Å². The molecule has 2 aromatic rings. The number of rotatable bonds is 5. The van der Waals surface area contributed by atoms with Gasteiger partial charge in [0.25, 0.3) is 0 Å². The van der Waals surface area contributed by atoms with Crippen molar-refractivity contribution in [3.63, 3.8) is 0 Å². The van der Waals surface area contributed by atoms with E-state index in [-0.39, 0.29) is 6.61 Å². The molecule has 0 amide bonds. The van der Waals surface area contributed by atoms with Crippen molar-refractivity contribution in [2.75, 3.05) is 13.2 Å². The van der Waals surface area contributed by atoms with E-state index in [1.165, 1.54) is 11.1 Å². The standard InChI is InChI=1S/C6H7N3S.C6H8OS/c7-9-8-3-1-6-2-4-10-5-6;7-3-1-6-2-4-8-5-6/h2,4-5H,1,3H2;2,4-5,7H,1,3H2. The van der Waals surface area contributed by atoms with Crippen LogP contribution in [-0.2, 0) is 12.8 Å². The third-order valence-corrected chi connectivity index (χ3v) is 3.59. The van der Waals surface area contributed by atoms with Gasteiger partial charge in [-0.25, -0.2) is 0 Å². The van der Waals surface area contributed by atoms with E-state index in [1.54, 1.807) is 22.7 Å². The Kier molecular flexibility index (Phi) is 7.92. The van der Waals surface area contributed by atoms with Crippen molar-refractivity contribution in [1.82, 2.24) is 0 Å². The SMILES string of the molecule is OCCc1ccsc1.[N-]=[N+]=NCCc1ccsc1. The van der Waals surface area contributed by atoms with Crippen LogP contribution in [0.1, 0.15) is 11.1 Å². The molecule has 0 atom stereocenters. The van der Waals surface area contributed by atoms with Crippen LogP contribution in [0.5, 0.6) is 0 Å². The van der Waals surface area contributed by atoms with E-state index in [0.717, 1.165) is 12.8 Å². The zero-order valence-electron chi connectivity index (χ0n) is 9.90. The first kappa shape index (κ1) is 14.7. The Morgan fingerprint density at radius 1 is 1.11 bits per heavy atom. The zero-order chi connectivity index (χ0) is 13.1. The lowest BCUT2D eigenvalue weighted by Gasteiger charge is -1.86. The highest BCUT2D eigenvalue weighted by atomic mass is 32.1. The first-order valence-corrected chi connectivity index (χ1v) is 7.39. The Labute approximate surface area is 114 Å². The molecule has 0 saturated carbocycles. The van der Waals surface area contributed by atoms with E-state index < -0.39 is 0 Å². The summed E-state index contributed by atoms with van der Waals surface area (Å²) >= 11 is 3.33. The van der Waals surface area contributed by atoms with Gasteiger partial charge in [-0.1, -0.05) is 5.11 Å². The number of aliphatic hydroxyl groups is 1. The number of hydrogen-bond donors (Lipinski definition) is 1. The summed E-state index contributed by atoms with van der Waals surface area (Å²) in [7, 11) is 0. The smallest absolute Gasteiger partial charge is 0.0471 e. The van der Waals surface area contributed by atoms with E-state index in [4.69, 9.17) is 10.6 Å². The van der Waals surface area contributed by atoms with Crippen LogP contribution < -0.4 is 0 Å². The molecule has 0 aliphatic heterocycles. The lowest BCUT2D eigenvalue weighted by molar-refractivity contribution is 0.300. The molecule has 4 nitrogen and oxygen atoms in total. The quantitative estimate of drug-likeness (QED) is 0.504. The number of aliphatic hydroxyl groups excluding tert-OH is 1. The van der Waals surface area contributed by atoms with E-state index in [1.807, 2.05) is 22.9 Å². The summed E-state index contributed by atoms with van der Waals surface area (Å²) in [5, 5.41) is 20.0. The summed E-state index contributed by atoms with van der Waals surface area (Å²) in [6.45, 7) is 0.823. The molecule has 0 aliphatic rings. The Bertz CT molecular complexity index is 448. The average Bonchev–Trinajstić information content (AvgIpc) is 3.03. The number of thiophene rings is 2. The fraction of sp³-hybridized carbons (Fsp3) is 0.333. The normalized spacial score (nSPS) is 9.17. The highest BCUT2D eigenvalue weighted by molar-refractivity contribution is 7.08. The lowest BCUT2D eigenvalue weighted by Crippen LogP contribution is -1.85. The highest BCUT2D eigenvalue weighted by Gasteiger charge is 1.89. The van der Waals surface area contributed by atoms with Crippen molar-refractivity contribution >= 4 is 22.7 Å². The van der Waals surface area contributed by atoms with Crippen LogP contribution in [0.25, 0.3) is 10.4 Å². The molecule has 0 aliphatic carbocycles. The van der Waals surface area contributed by atoms with Crippen LogP contribution in [-0.4, -0.2) is 18.3 Å². The summed E-state index contributed by atoms with van der Waals surface area (Å²) in [5.74, 6) is 0. The van der Waals surface area contributed by atoms with Crippen molar-refractivity contribution in [2.24, 2.45) is 5.11 Å². The second kappa shape index (κ2) is 9.67. The molecular formula is C12H15N3OS2. The lowest BCUT2D eigenvalue weighted by atomic mass is 10.2. The molecular weight excluding hydrogens is 266 g/mol. The maximum Gasteiger partial charge on any atom is 0.0471 e. The summed E-state index contributed by atoms with van der Waals surface area (Å²) in [6, 6.07) is 4.07. The van der Waals surface area contributed by atoms with Gasteiger partial charge in [0.1, 0.15) is 0 Å². The Morgan fingerprint density at radius 3 is 2.17 bits per heavy atom. The van der Waals surface area contributed by atoms with Gasteiger partial charge in [-0.15, -0.1) is 0 Å². The maximum absolute atomic E-state index is 8.44. The average molecular weight is 281 g/mol. The molecule has 96 valence electrons. The second-order valence-electron chi connectivity index (χ2n) is 3.44. The fourth-order valence-corrected chi connectivity index (χ4v) is 2.63. The largest absolute Gasteiger partial charge is 0.396 e. The van der Waals surface area contributed by atoms with Crippen molar-refractivity contribution in [3.05, 3.63) is 55.2 Å². The van der Waals surface area contributed by atoms with Crippen LogP contribution in [0, 0.1) is 0 Å². The van der Waals surface area contributed by atoms with Gasteiger partial charge in [-0.05, 0) is 63.2 Å². The Hall–Kier alpha value is -1.33. The molecule has 0 aromatic carbocycles. The van der Waals surface area contributed by atoms with Gasteiger partial charge in [0.05, 0.1) is 0 Å². The van der Waals surface area contributed by atoms with E-state index in [2.05, 4.69) is 20.8 Å². The molecule has 0 bridgehead atoms. The molecule has 0 fully saturated rings. The van der Waals surface area contributed by atoms with Crippen molar-refractivity contribution in [2.45, 2.75) is 12.8 Å². The summed E-state index contributed by atoms with van der Waals surface area (Å²) in [6.07, 6.45) is 1.65. The molecule has 18 heavy (non-hydrogen) atoms. The number of azide groups is 1. The maximum atomic E-state index is 8.44. The van der Waals surface area contributed by atoms with Gasteiger partial charge in [-0.2, -0.15) is 22.7 Å². The molecule has 0 unspecified atom stereocenters. The molecule has 2 heterocycles. The third kappa shape index (κ3) is 6.42. The topological polar surface area (TPSA) is 69.0 Å². The van der Waals surface area contributed by atoms with E-state index in [0.29, 0.717) is 6.54 Å². The number of nitrogens with zero attached hydrogens (tertiary/aromatic N) is 3. The van der Waals surface area contributed by atoms with Crippen LogP contribution in [0.2, 0.25) is 0 Å². The van der Waals surface area contributed by atoms with Crippen LogP contribution in [0.4, 0.5) is 0 Å². The van der Waals surface area contributed by atoms with Crippen molar-refractivity contribution in [1.29, 1.82) is 0 Å². The molecule has 6 heteroatoms. The summed E-state index contributed by atoms with van der Waals surface area (Å²) in [5.41, 5.74) is 10.4. The van der Waals surface area contributed by atoms with Gasteiger partial charge in [0.2, 0.25) is 0 Å². The molecule has 2 rings (SSSR count). The van der Waals surface area contributed by atoms with Crippen LogP contribution in [0.3, 0.4) is 0 Å². The fourth-order valence-electron chi connectivity index (χ4n) is 1.22. The molecule has 0 saturated heterocycles. The monoisotopic (exact) mass is 281 g/mol. The minimum atomic E-state index is 0.261. The van der Waals surface area contributed by atoms with Gasteiger partial charge < -0.3 is 5.11 Å². The minimum Gasteiger partial charge on any atom is -0.396 e. The first-order chi connectivity index (χ1) is 8.86. The second-order valence-corrected chi connectivity index (χ2v) is 5.00. The number of hydrogen-bond acceptors (Lipinski definition) is 4. The zero-order valence-corrected chi connectivity index (χ0v) is 11.5. The van der Waals surface area contributed by atoms with Gasteiger partial charge in [0, 0.05) is 18.1 Å². The third-order valence-electron chi connectivity index (χ3n) is 2.12. The Balaban J connectivity index is 0.000000184. The molecule has 0 spiro atoms. The van der Waals surface area contributed by atoms with Gasteiger partial charge in [-0.3, -0.25) is 0 Å². The van der Waals surface area contributed by atoms with E-state index in [9.17, 15) is 0 Å².